The highest BCUT2D eigenvalue weighted by Gasteiger charge is 2.30. The highest BCUT2D eigenvalue weighted by Crippen LogP contribution is 2.38. The summed E-state index contributed by atoms with van der Waals surface area (Å²) < 4.78 is 5.32. The van der Waals surface area contributed by atoms with Crippen molar-refractivity contribution < 1.29 is 24.6 Å². The maximum atomic E-state index is 10.4. The van der Waals surface area contributed by atoms with Gasteiger partial charge in [0.1, 0.15) is 0 Å². The van der Waals surface area contributed by atoms with Gasteiger partial charge in [-0.15, -0.1) is 0 Å². The number of ether oxygens (including phenoxy) is 1. The monoisotopic (exact) mass is 396 g/mol. The highest BCUT2D eigenvalue weighted by atomic mass is 16.6. The van der Waals surface area contributed by atoms with E-state index >= 15 is 0 Å². The second-order valence-electron chi connectivity index (χ2n) is 6.18. The first-order valence-corrected chi connectivity index (χ1v) is 8.60. The van der Waals surface area contributed by atoms with Gasteiger partial charge in [0.15, 0.2) is 0 Å². The Hall–Kier alpha value is -3.12. The Bertz CT molecular complexity index is 741. The summed E-state index contributed by atoms with van der Waals surface area (Å²) in [5.41, 5.74) is -3.00. The fourth-order valence-electron chi connectivity index (χ4n) is 2.98. The number of phenolic OH excluding ortho intramolecular Hbond substituents is 1. The number of hydrogen-bond donors (Lipinski definition) is 1. The number of phenols is 1. The van der Waals surface area contributed by atoms with Gasteiger partial charge in [0.05, 0.1) is 40.1 Å². The normalized spacial score (nSPS) is 19.4. The molecule has 12 nitrogen and oxygen atoms in total. The van der Waals surface area contributed by atoms with Crippen molar-refractivity contribution in [3.05, 3.63) is 54.6 Å². The van der Waals surface area contributed by atoms with Crippen molar-refractivity contribution in [1.29, 1.82) is 0 Å². The van der Waals surface area contributed by atoms with Gasteiger partial charge >= 0.3 is 11.4 Å². The average Bonchev–Trinajstić information content (AvgIpc) is 2.69. The second kappa shape index (κ2) is 9.71. The van der Waals surface area contributed by atoms with Crippen molar-refractivity contribution in [3.8, 4) is 5.75 Å². The number of nitro benzene ring substituents is 3. The van der Waals surface area contributed by atoms with Crippen molar-refractivity contribution in [1.82, 2.24) is 4.90 Å². The number of benzene rings is 1. The molecule has 0 saturated carbocycles. The van der Waals surface area contributed by atoms with E-state index < -0.39 is 37.6 Å². The number of non-ortho nitro benzene ring substituents is 1. The molecular weight excluding hydrogens is 376 g/mol. The Morgan fingerprint density at radius 3 is 2.00 bits per heavy atom. The largest absolute Gasteiger partial charge is 0.497 e. The molecule has 0 amide bonds. The summed E-state index contributed by atoms with van der Waals surface area (Å²) in [6.45, 7) is 4.08. The van der Waals surface area contributed by atoms with Gasteiger partial charge < -0.3 is 9.84 Å². The van der Waals surface area contributed by atoms with Gasteiger partial charge in [0, 0.05) is 19.1 Å². The summed E-state index contributed by atoms with van der Waals surface area (Å²) in [7, 11) is 0. The summed E-state index contributed by atoms with van der Waals surface area (Å²) in [6, 6.07) is 1.60. The minimum absolute atomic E-state index is 0.447. The lowest BCUT2D eigenvalue weighted by Gasteiger charge is -2.34. The molecule has 1 aliphatic carbocycles. The number of morpholine rings is 1. The van der Waals surface area contributed by atoms with Crippen LogP contribution >= 0.6 is 0 Å². The molecule has 0 radical (unpaired) electrons. The summed E-state index contributed by atoms with van der Waals surface area (Å²) in [5.74, 6) is -1.21. The van der Waals surface area contributed by atoms with Gasteiger partial charge in [-0.05, 0) is 19.3 Å². The van der Waals surface area contributed by atoms with Gasteiger partial charge in [-0.1, -0.05) is 12.2 Å². The van der Waals surface area contributed by atoms with Crippen LogP contribution < -0.4 is 0 Å². The molecule has 1 aromatic carbocycles. The van der Waals surface area contributed by atoms with Crippen molar-refractivity contribution >= 4 is 17.1 Å². The quantitative estimate of drug-likeness (QED) is 0.457. The maximum absolute atomic E-state index is 10.4. The lowest BCUT2D eigenvalue weighted by molar-refractivity contribution is -0.404. The Morgan fingerprint density at radius 1 is 1.00 bits per heavy atom. The fourth-order valence-corrected chi connectivity index (χ4v) is 2.98. The van der Waals surface area contributed by atoms with Crippen molar-refractivity contribution in [2.75, 3.05) is 26.3 Å². The second-order valence-corrected chi connectivity index (χ2v) is 6.18. The zero-order chi connectivity index (χ0) is 20.7. The molecule has 28 heavy (non-hydrogen) atoms. The van der Waals surface area contributed by atoms with Crippen molar-refractivity contribution in [2.24, 2.45) is 0 Å². The van der Waals surface area contributed by atoms with Crippen LogP contribution in [0.15, 0.2) is 24.3 Å². The van der Waals surface area contributed by atoms with Gasteiger partial charge in [-0.25, -0.2) is 0 Å². The smallest absolute Gasteiger partial charge is 0.324 e. The Balaban J connectivity index is 0.000000207. The number of allylic oxidation sites excluding steroid dienone is 1. The highest BCUT2D eigenvalue weighted by molar-refractivity contribution is 5.64. The zero-order valence-corrected chi connectivity index (χ0v) is 14.9. The van der Waals surface area contributed by atoms with Crippen LogP contribution in [-0.4, -0.2) is 57.1 Å². The predicted molar refractivity (Wildman–Crippen MR) is 97.2 cm³/mol. The van der Waals surface area contributed by atoms with E-state index in [1.54, 1.807) is 0 Å². The van der Waals surface area contributed by atoms with E-state index in [-0.39, 0.29) is 0 Å². The molecule has 152 valence electrons. The molecular formula is C16H20N4O8. The van der Waals surface area contributed by atoms with E-state index in [9.17, 15) is 30.3 Å². The fraction of sp³-hybridized carbons (Fsp3) is 0.500. The standard InChI is InChI=1S/C10H17NO.C6H3N3O7/c1-2-4-10(5-3-1)11-6-8-12-9-7-11;10-6-4(8(13)14)1-3(7(11)12)2-5(6)9(15)16/h2,4,10H,1,3,5-9H2;1-2,10H. The van der Waals surface area contributed by atoms with Gasteiger partial charge in [-0.3, -0.25) is 35.2 Å². The molecule has 1 fully saturated rings. The van der Waals surface area contributed by atoms with Crippen molar-refractivity contribution in [2.45, 2.75) is 25.3 Å². The SMILES string of the molecule is C1=CC(N2CCOCC2)CCC1.O=[N+]([O-])c1cc([N+](=O)[O-])c(O)c([N+](=O)[O-])c1. The molecule has 1 aliphatic heterocycles. The third-order valence-electron chi connectivity index (χ3n) is 4.40. The molecule has 1 atom stereocenters. The summed E-state index contributed by atoms with van der Waals surface area (Å²) in [6.07, 6.45) is 8.67. The minimum atomic E-state index is -1.21. The van der Waals surface area contributed by atoms with Crippen LogP contribution in [0.5, 0.6) is 5.75 Å². The number of rotatable bonds is 4. The first-order chi connectivity index (χ1) is 13.3. The van der Waals surface area contributed by atoms with Crippen LogP contribution in [0.2, 0.25) is 0 Å². The number of hydrogen-bond acceptors (Lipinski definition) is 9. The molecule has 3 rings (SSSR count). The molecule has 1 aromatic rings. The first kappa shape index (κ1) is 21.2. The number of aromatic hydroxyl groups is 1. The predicted octanol–water partition coefficient (Wildman–Crippen LogP) is 2.54. The lowest BCUT2D eigenvalue weighted by atomic mass is 10.0. The van der Waals surface area contributed by atoms with E-state index in [0.29, 0.717) is 18.2 Å². The van der Waals surface area contributed by atoms with E-state index in [1.165, 1.54) is 19.3 Å². The Kier molecular flexibility index (Phi) is 7.35. The van der Waals surface area contributed by atoms with Crippen LogP contribution in [0.1, 0.15) is 19.3 Å². The summed E-state index contributed by atoms with van der Waals surface area (Å²) >= 11 is 0. The first-order valence-electron chi connectivity index (χ1n) is 8.60. The van der Waals surface area contributed by atoms with Crippen LogP contribution in [0.25, 0.3) is 0 Å². The van der Waals surface area contributed by atoms with Crippen LogP contribution in [0, 0.1) is 30.3 Å². The third kappa shape index (κ3) is 5.44. The van der Waals surface area contributed by atoms with E-state index in [0.717, 1.165) is 26.3 Å². The van der Waals surface area contributed by atoms with Gasteiger partial charge in [0.25, 0.3) is 11.4 Å². The van der Waals surface area contributed by atoms with Crippen LogP contribution in [-0.2, 0) is 4.74 Å². The maximum Gasteiger partial charge on any atom is 0.324 e. The Morgan fingerprint density at radius 2 is 1.57 bits per heavy atom. The lowest BCUT2D eigenvalue weighted by Crippen LogP contribution is -2.43. The molecule has 0 bridgehead atoms. The number of nitrogens with zero attached hydrogens (tertiary/aromatic N) is 4. The molecule has 1 N–H and O–H groups in total. The summed E-state index contributed by atoms with van der Waals surface area (Å²) in [4.78, 5) is 30.3. The molecule has 2 aliphatic rings. The minimum Gasteiger partial charge on any atom is -0.497 e. The van der Waals surface area contributed by atoms with E-state index in [4.69, 9.17) is 9.84 Å². The molecule has 12 heteroatoms. The number of nitro groups is 3. The summed E-state index contributed by atoms with van der Waals surface area (Å²) in [5, 5.41) is 40.2. The average molecular weight is 396 g/mol. The Labute approximate surface area is 159 Å². The zero-order valence-electron chi connectivity index (χ0n) is 14.9. The molecule has 0 spiro atoms. The molecule has 1 unspecified atom stereocenters. The molecule has 1 saturated heterocycles. The topological polar surface area (TPSA) is 162 Å². The van der Waals surface area contributed by atoms with Crippen molar-refractivity contribution in [3.63, 3.8) is 0 Å². The van der Waals surface area contributed by atoms with Crippen LogP contribution in [0.4, 0.5) is 17.1 Å². The molecule has 1 heterocycles. The van der Waals surface area contributed by atoms with E-state index in [2.05, 4.69) is 17.1 Å². The van der Waals surface area contributed by atoms with Crippen LogP contribution in [0.3, 0.4) is 0 Å². The van der Waals surface area contributed by atoms with Gasteiger partial charge in [-0.2, -0.15) is 0 Å². The molecule has 0 aromatic heterocycles. The van der Waals surface area contributed by atoms with Gasteiger partial charge in [0.2, 0.25) is 0 Å². The van der Waals surface area contributed by atoms with E-state index in [1.807, 2.05) is 0 Å². The third-order valence-corrected chi connectivity index (χ3v) is 4.40.